The molecule has 0 saturated heterocycles. The Bertz CT molecular complexity index is 448. The van der Waals surface area contributed by atoms with Crippen molar-refractivity contribution in [1.29, 1.82) is 0 Å². The number of hydrogen-bond donors (Lipinski definition) is 1. The second-order valence-electron chi connectivity index (χ2n) is 5.95. The van der Waals surface area contributed by atoms with Crippen LogP contribution in [0.15, 0.2) is 18.2 Å². The minimum absolute atomic E-state index is 0.175. The second-order valence-corrected chi connectivity index (χ2v) is 6.35. The first kappa shape index (κ1) is 16.7. The zero-order chi connectivity index (χ0) is 15.2. The average Bonchev–Trinajstić information content (AvgIpc) is 2.51. The summed E-state index contributed by atoms with van der Waals surface area (Å²) in [6.07, 6.45) is 7.29. The average molecular weight is 314 g/mol. The number of likely N-dealkylation sites (N-methyl/N-ethyl adjacent to an activating group) is 1. The Labute approximate surface area is 132 Å². The summed E-state index contributed by atoms with van der Waals surface area (Å²) in [5, 5.41) is 3.53. The van der Waals surface area contributed by atoms with Gasteiger partial charge in [-0.3, -0.25) is 0 Å². The minimum atomic E-state index is -0.351. The van der Waals surface area contributed by atoms with Crippen LogP contribution in [0, 0.1) is 11.7 Å². The van der Waals surface area contributed by atoms with Crippen molar-refractivity contribution in [1.82, 2.24) is 5.32 Å². The van der Waals surface area contributed by atoms with Crippen LogP contribution in [0.2, 0.25) is 5.02 Å². The first-order valence-electron chi connectivity index (χ1n) is 7.79. The van der Waals surface area contributed by atoms with Crippen LogP contribution in [0.3, 0.4) is 0 Å². The summed E-state index contributed by atoms with van der Waals surface area (Å²) in [6.45, 7) is 0. The summed E-state index contributed by atoms with van der Waals surface area (Å²) in [4.78, 5) is 0. The fraction of sp³-hybridized carbons (Fsp3) is 0.647. The number of rotatable bonds is 6. The highest BCUT2D eigenvalue weighted by Crippen LogP contribution is 2.30. The topological polar surface area (TPSA) is 21.3 Å². The summed E-state index contributed by atoms with van der Waals surface area (Å²) in [5.41, 5.74) is 0.953. The molecule has 2 nitrogen and oxygen atoms in total. The molecule has 1 aliphatic carbocycles. The molecule has 0 heterocycles. The summed E-state index contributed by atoms with van der Waals surface area (Å²) >= 11 is 5.75. The Morgan fingerprint density at radius 1 is 1.33 bits per heavy atom. The van der Waals surface area contributed by atoms with Gasteiger partial charge in [0.2, 0.25) is 0 Å². The Hall–Kier alpha value is -0.640. The van der Waals surface area contributed by atoms with E-state index in [0.29, 0.717) is 5.92 Å². The van der Waals surface area contributed by atoms with E-state index in [0.717, 1.165) is 12.0 Å². The molecule has 118 valence electrons. The van der Waals surface area contributed by atoms with Gasteiger partial charge in [-0.05, 0) is 49.9 Å². The Balaban J connectivity index is 2.07. The third-order valence-electron chi connectivity index (χ3n) is 4.59. The molecule has 1 saturated carbocycles. The van der Waals surface area contributed by atoms with Gasteiger partial charge in [0.1, 0.15) is 5.82 Å². The molecule has 0 aromatic heterocycles. The summed E-state index contributed by atoms with van der Waals surface area (Å²) in [6, 6.07) is 5.24. The largest absolute Gasteiger partial charge is 0.380 e. The molecule has 0 spiro atoms. The van der Waals surface area contributed by atoms with E-state index in [2.05, 4.69) is 5.32 Å². The van der Waals surface area contributed by atoms with Gasteiger partial charge in [0.25, 0.3) is 0 Å². The van der Waals surface area contributed by atoms with Crippen molar-refractivity contribution < 1.29 is 9.13 Å². The molecule has 0 amide bonds. The monoisotopic (exact) mass is 313 g/mol. The number of benzene rings is 1. The lowest BCUT2D eigenvalue weighted by atomic mass is 9.81. The molecule has 1 N–H and O–H groups in total. The SMILES string of the molecule is CNC(Cc1ccc(Cl)c(F)c1)C(OC)C1CCCCC1. The Kier molecular flexibility index (Phi) is 6.46. The first-order valence-corrected chi connectivity index (χ1v) is 8.17. The molecule has 0 bridgehead atoms. The number of halogens is 2. The van der Waals surface area contributed by atoms with Gasteiger partial charge in [-0.25, -0.2) is 4.39 Å². The predicted octanol–water partition coefficient (Wildman–Crippen LogP) is 4.20. The van der Waals surface area contributed by atoms with E-state index in [-0.39, 0.29) is 23.0 Å². The zero-order valence-corrected chi connectivity index (χ0v) is 13.6. The van der Waals surface area contributed by atoms with Crippen molar-refractivity contribution in [2.45, 2.75) is 50.7 Å². The van der Waals surface area contributed by atoms with E-state index in [9.17, 15) is 4.39 Å². The van der Waals surface area contributed by atoms with Crippen LogP contribution < -0.4 is 5.32 Å². The van der Waals surface area contributed by atoms with E-state index in [4.69, 9.17) is 16.3 Å². The van der Waals surface area contributed by atoms with Gasteiger partial charge >= 0.3 is 0 Å². The maximum Gasteiger partial charge on any atom is 0.142 e. The summed E-state index contributed by atoms with van der Waals surface area (Å²) in [5.74, 6) is 0.244. The maximum absolute atomic E-state index is 13.6. The van der Waals surface area contributed by atoms with Crippen molar-refractivity contribution in [3.63, 3.8) is 0 Å². The van der Waals surface area contributed by atoms with Gasteiger partial charge in [0.05, 0.1) is 11.1 Å². The van der Waals surface area contributed by atoms with Crippen molar-refractivity contribution in [3.8, 4) is 0 Å². The predicted molar refractivity (Wildman–Crippen MR) is 85.3 cm³/mol. The van der Waals surface area contributed by atoms with E-state index in [1.54, 1.807) is 13.2 Å². The van der Waals surface area contributed by atoms with Crippen LogP contribution in [0.5, 0.6) is 0 Å². The van der Waals surface area contributed by atoms with Gasteiger partial charge in [-0.1, -0.05) is 36.9 Å². The third kappa shape index (κ3) is 4.41. The lowest BCUT2D eigenvalue weighted by Crippen LogP contribution is -2.45. The number of methoxy groups -OCH3 is 1. The fourth-order valence-electron chi connectivity index (χ4n) is 3.45. The van der Waals surface area contributed by atoms with Crippen LogP contribution in [0.4, 0.5) is 4.39 Å². The van der Waals surface area contributed by atoms with Crippen LogP contribution in [0.25, 0.3) is 0 Å². The Morgan fingerprint density at radius 3 is 2.62 bits per heavy atom. The maximum atomic E-state index is 13.6. The van der Waals surface area contributed by atoms with Crippen LogP contribution >= 0.6 is 11.6 Å². The molecular weight excluding hydrogens is 289 g/mol. The molecule has 1 fully saturated rings. The first-order chi connectivity index (χ1) is 10.2. The molecule has 2 unspecified atom stereocenters. The van der Waals surface area contributed by atoms with E-state index in [1.807, 2.05) is 13.1 Å². The molecule has 1 aromatic rings. The highest BCUT2D eigenvalue weighted by molar-refractivity contribution is 6.30. The smallest absolute Gasteiger partial charge is 0.142 e. The van der Waals surface area contributed by atoms with Gasteiger partial charge in [0.15, 0.2) is 0 Å². The standard InChI is InChI=1S/C17H25ClFNO/c1-20-16(11-12-8-9-14(18)15(19)10-12)17(21-2)13-6-4-3-5-7-13/h8-10,13,16-17,20H,3-7,11H2,1-2H3. The third-order valence-corrected chi connectivity index (χ3v) is 4.90. The van der Waals surface area contributed by atoms with Crippen LogP contribution in [-0.2, 0) is 11.2 Å². The van der Waals surface area contributed by atoms with Crippen molar-refractivity contribution in [2.75, 3.05) is 14.2 Å². The van der Waals surface area contributed by atoms with Crippen molar-refractivity contribution >= 4 is 11.6 Å². The minimum Gasteiger partial charge on any atom is -0.380 e. The fourth-order valence-corrected chi connectivity index (χ4v) is 3.57. The molecule has 2 rings (SSSR count). The molecule has 1 aliphatic rings. The second kappa shape index (κ2) is 8.11. The van der Waals surface area contributed by atoms with Crippen molar-refractivity contribution in [2.24, 2.45) is 5.92 Å². The van der Waals surface area contributed by atoms with Crippen molar-refractivity contribution in [3.05, 3.63) is 34.6 Å². The molecule has 2 atom stereocenters. The highest BCUT2D eigenvalue weighted by atomic mass is 35.5. The highest BCUT2D eigenvalue weighted by Gasteiger charge is 2.30. The van der Waals surface area contributed by atoms with Crippen LogP contribution in [-0.4, -0.2) is 26.3 Å². The zero-order valence-electron chi connectivity index (χ0n) is 12.9. The van der Waals surface area contributed by atoms with Gasteiger partial charge in [-0.2, -0.15) is 0 Å². The number of ether oxygens (including phenoxy) is 1. The normalized spacial score (nSPS) is 19.4. The van der Waals surface area contributed by atoms with Gasteiger partial charge < -0.3 is 10.1 Å². The molecular formula is C17H25ClFNO. The molecule has 0 aliphatic heterocycles. The lowest BCUT2D eigenvalue weighted by Gasteiger charge is -2.35. The van der Waals surface area contributed by atoms with E-state index in [1.165, 1.54) is 38.2 Å². The van der Waals surface area contributed by atoms with E-state index >= 15 is 0 Å². The number of nitrogens with one attached hydrogen (secondary N) is 1. The van der Waals surface area contributed by atoms with E-state index < -0.39 is 0 Å². The molecule has 21 heavy (non-hydrogen) atoms. The van der Waals surface area contributed by atoms with Crippen LogP contribution in [0.1, 0.15) is 37.7 Å². The molecule has 0 radical (unpaired) electrons. The summed E-state index contributed by atoms with van der Waals surface area (Å²) in [7, 11) is 3.73. The van der Waals surface area contributed by atoms with Gasteiger partial charge in [0, 0.05) is 13.2 Å². The quantitative estimate of drug-likeness (QED) is 0.849. The number of hydrogen-bond acceptors (Lipinski definition) is 2. The molecule has 4 heteroatoms. The Morgan fingerprint density at radius 2 is 2.05 bits per heavy atom. The van der Waals surface area contributed by atoms with Gasteiger partial charge in [-0.15, -0.1) is 0 Å². The summed E-state index contributed by atoms with van der Waals surface area (Å²) < 4.78 is 19.4. The molecule has 1 aromatic carbocycles. The lowest BCUT2D eigenvalue weighted by molar-refractivity contribution is 0.0101.